The van der Waals surface area contributed by atoms with E-state index >= 15 is 0 Å². The second-order valence-corrected chi connectivity index (χ2v) is 11.5. The number of ether oxygens (including phenoxy) is 2. The van der Waals surface area contributed by atoms with Gasteiger partial charge in [0.2, 0.25) is 6.79 Å². The summed E-state index contributed by atoms with van der Waals surface area (Å²) in [6.07, 6.45) is 9.24. The molecule has 216 valence electrons. The molecule has 2 aliphatic heterocycles. The highest BCUT2D eigenvalue weighted by Crippen LogP contribution is 2.38. The van der Waals surface area contributed by atoms with Crippen molar-refractivity contribution in [3.8, 4) is 33.9 Å². The first-order valence-electron chi connectivity index (χ1n) is 15.1. The Kier molecular flexibility index (Phi) is 6.81. The molecule has 9 heteroatoms. The smallest absolute Gasteiger partial charge is 0.231 e. The summed E-state index contributed by atoms with van der Waals surface area (Å²) in [5.41, 5.74) is 9.52. The molecule has 1 saturated carbocycles. The standard InChI is InChI=1S/C34H33N7O2/c1-2-5-21(4-1)14-35-15-22-12-25(18-36-16-22)27-10-8-24-17-37-19-38-33(31(24)39-27)34-40-28-7-3-6-26(32(28)41-34)23-9-11-29-30(13-23)43-20-42-29/h3,6-13,16,18,21,35,37H,1-2,4-5,14-15,17,19-20H2,(H,40,41). The highest BCUT2D eigenvalue weighted by Gasteiger charge is 2.22. The Hall–Kier alpha value is -4.60. The van der Waals surface area contributed by atoms with Gasteiger partial charge >= 0.3 is 0 Å². The monoisotopic (exact) mass is 571 g/mol. The maximum absolute atomic E-state index is 5.63. The molecule has 0 spiro atoms. The van der Waals surface area contributed by atoms with Crippen molar-refractivity contribution < 1.29 is 9.47 Å². The maximum atomic E-state index is 5.63. The maximum Gasteiger partial charge on any atom is 0.231 e. The minimum Gasteiger partial charge on any atom is -0.454 e. The Bertz CT molecular complexity index is 1840. The van der Waals surface area contributed by atoms with Crippen molar-refractivity contribution in [3.05, 3.63) is 89.6 Å². The molecule has 0 atom stereocenters. The van der Waals surface area contributed by atoms with Crippen molar-refractivity contribution in [3.63, 3.8) is 0 Å². The van der Waals surface area contributed by atoms with Gasteiger partial charge in [-0.25, -0.2) is 9.97 Å². The van der Waals surface area contributed by atoms with Crippen LogP contribution in [0.1, 0.15) is 48.3 Å². The van der Waals surface area contributed by atoms with Crippen LogP contribution in [0.5, 0.6) is 11.5 Å². The molecule has 0 radical (unpaired) electrons. The number of fused-ring (bicyclic) bond motifs is 3. The van der Waals surface area contributed by atoms with Crippen LogP contribution in [0.3, 0.4) is 0 Å². The van der Waals surface area contributed by atoms with Crippen molar-refractivity contribution in [1.82, 2.24) is 30.6 Å². The third-order valence-corrected chi connectivity index (χ3v) is 8.62. The number of aromatic nitrogens is 4. The van der Waals surface area contributed by atoms with E-state index in [1.54, 1.807) is 0 Å². The number of nitrogens with zero attached hydrogens (tertiary/aromatic N) is 4. The lowest BCUT2D eigenvalue weighted by Gasteiger charge is -2.12. The van der Waals surface area contributed by atoms with Gasteiger partial charge in [-0.05, 0) is 72.3 Å². The highest BCUT2D eigenvalue weighted by atomic mass is 16.7. The molecule has 3 aliphatic rings. The number of aromatic amines is 1. The SMILES string of the molecule is c1cc(-c2ccc3c(c2)OCO3)c2nc(C3=NCNCc4ccc(-c5cncc(CNCC6CCCC6)c5)nc43)[nH]c2c1. The van der Waals surface area contributed by atoms with E-state index in [1.807, 2.05) is 42.7 Å². The van der Waals surface area contributed by atoms with Crippen LogP contribution in [-0.4, -0.2) is 45.7 Å². The van der Waals surface area contributed by atoms with Crippen molar-refractivity contribution in [1.29, 1.82) is 0 Å². The number of rotatable bonds is 7. The van der Waals surface area contributed by atoms with Gasteiger partial charge in [-0.15, -0.1) is 0 Å². The highest BCUT2D eigenvalue weighted by molar-refractivity contribution is 6.12. The fraction of sp³-hybridized carbons (Fsp3) is 0.294. The van der Waals surface area contributed by atoms with E-state index in [9.17, 15) is 0 Å². The fourth-order valence-corrected chi connectivity index (χ4v) is 6.38. The zero-order valence-corrected chi connectivity index (χ0v) is 23.9. The predicted molar refractivity (Wildman–Crippen MR) is 166 cm³/mol. The molecule has 3 N–H and O–H groups in total. The van der Waals surface area contributed by atoms with E-state index in [2.05, 4.69) is 44.9 Å². The topological polar surface area (TPSA) is 109 Å². The third-order valence-electron chi connectivity index (χ3n) is 8.62. The molecular weight excluding hydrogens is 538 g/mol. The second-order valence-electron chi connectivity index (χ2n) is 11.5. The second kappa shape index (κ2) is 11.2. The van der Waals surface area contributed by atoms with E-state index < -0.39 is 0 Å². The van der Waals surface area contributed by atoms with E-state index in [0.29, 0.717) is 19.0 Å². The molecule has 8 rings (SSSR count). The molecule has 5 heterocycles. The van der Waals surface area contributed by atoms with Crippen LogP contribution >= 0.6 is 0 Å². The lowest BCUT2D eigenvalue weighted by atomic mass is 10.0. The van der Waals surface area contributed by atoms with Gasteiger partial charge in [-0.2, -0.15) is 0 Å². The largest absolute Gasteiger partial charge is 0.454 e. The molecule has 0 saturated heterocycles. The van der Waals surface area contributed by atoms with Crippen molar-refractivity contribution in [2.24, 2.45) is 10.9 Å². The first-order chi connectivity index (χ1) is 21.3. The third kappa shape index (κ3) is 5.15. The number of hydrogen-bond acceptors (Lipinski definition) is 8. The van der Waals surface area contributed by atoms with Gasteiger partial charge in [-0.3, -0.25) is 15.3 Å². The lowest BCUT2D eigenvalue weighted by Crippen LogP contribution is -2.20. The van der Waals surface area contributed by atoms with E-state index in [4.69, 9.17) is 24.4 Å². The molecule has 3 aromatic heterocycles. The molecule has 0 amide bonds. The number of nitrogens with one attached hydrogen (secondary N) is 3. The quantitative estimate of drug-likeness (QED) is 0.234. The Morgan fingerprint density at radius 3 is 2.79 bits per heavy atom. The Morgan fingerprint density at radius 2 is 1.84 bits per heavy atom. The van der Waals surface area contributed by atoms with E-state index in [1.165, 1.54) is 25.7 Å². The van der Waals surface area contributed by atoms with Gasteiger partial charge in [0.1, 0.15) is 5.71 Å². The summed E-state index contributed by atoms with van der Waals surface area (Å²) in [4.78, 5) is 23.2. The predicted octanol–water partition coefficient (Wildman–Crippen LogP) is 5.59. The number of H-pyrrole nitrogens is 1. The van der Waals surface area contributed by atoms with Gasteiger partial charge in [0.15, 0.2) is 17.3 Å². The van der Waals surface area contributed by atoms with Gasteiger partial charge < -0.3 is 19.8 Å². The van der Waals surface area contributed by atoms with Crippen LogP contribution < -0.4 is 20.1 Å². The normalized spacial score (nSPS) is 16.3. The van der Waals surface area contributed by atoms with Gasteiger partial charge in [0, 0.05) is 36.6 Å². The van der Waals surface area contributed by atoms with Crippen molar-refractivity contribution >= 4 is 16.7 Å². The average molecular weight is 572 g/mol. The molecular formula is C34H33N7O2. The zero-order chi connectivity index (χ0) is 28.6. The average Bonchev–Trinajstić information content (AvgIpc) is 3.80. The van der Waals surface area contributed by atoms with E-state index in [-0.39, 0.29) is 6.79 Å². The fourth-order valence-electron chi connectivity index (χ4n) is 6.38. The Balaban J connectivity index is 1.11. The van der Waals surface area contributed by atoms with Gasteiger partial charge in [0.05, 0.1) is 29.1 Å². The van der Waals surface area contributed by atoms with Crippen LogP contribution in [0.4, 0.5) is 0 Å². The molecule has 0 unspecified atom stereocenters. The summed E-state index contributed by atoms with van der Waals surface area (Å²) < 4.78 is 11.1. The van der Waals surface area contributed by atoms with Crippen LogP contribution in [0, 0.1) is 5.92 Å². The molecule has 0 bridgehead atoms. The summed E-state index contributed by atoms with van der Waals surface area (Å²) in [6, 6.07) is 18.6. The first-order valence-corrected chi connectivity index (χ1v) is 15.1. The minimum absolute atomic E-state index is 0.245. The molecule has 9 nitrogen and oxygen atoms in total. The van der Waals surface area contributed by atoms with E-state index in [0.717, 1.165) is 86.5 Å². The van der Waals surface area contributed by atoms with Crippen LogP contribution in [0.15, 0.2) is 72.0 Å². The number of benzene rings is 2. The first kappa shape index (κ1) is 26.1. The van der Waals surface area contributed by atoms with Crippen molar-refractivity contribution in [2.45, 2.75) is 38.8 Å². The number of hydrogen-bond donors (Lipinski definition) is 3. The number of aliphatic imine (C=N–C) groups is 1. The summed E-state index contributed by atoms with van der Waals surface area (Å²) in [7, 11) is 0. The van der Waals surface area contributed by atoms with Crippen LogP contribution in [-0.2, 0) is 13.1 Å². The zero-order valence-electron chi connectivity index (χ0n) is 23.9. The van der Waals surface area contributed by atoms with Gasteiger partial charge in [-0.1, -0.05) is 37.1 Å². The summed E-state index contributed by atoms with van der Waals surface area (Å²) >= 11 is 0. The summed E-state index contributed by atoms with van der Waals surface area (Å²) in [5.74, 6) is 3.01. The van der Waals surface area contributed by atoms with Crippen molar-refractivity contribution in [2.75, 3.05) is 20.0 Å². The Morgan fingerprint density at radius 1 is 0.907 bits per heavy atom. The number of imidazole rings is 1. The molecule has 1 aliphatic carbocycles. The minimum atomic E-state index is 0.245. The summed E-state index contributed by atoms with van der Waals surface area (Å²) in [6.45, 7) is 3.29. The molecule has 5 aromatic rings. The molecule has 2 aromatic carbocycles. The number of para-hydroxylation sites is 1. The molecule has 1 fully saturated rings. The van der Waals surface area contributed by atoms with Crippen LogP contribution in [0.2, 0.25) is 0 Å². The lowest BCUT2D eigenvalue weighted by molar-refractivity contribution is 0.174. The Labute approximate surface area is 249 Å². The molecule has 43 heavy (non-hydrogen) atoms. The summed E-state index contributed by atoms with van der Waals surface area (Å²) in [5, 5.41) is 7.03. The van der Waals surface area contributed by atoms with Gasteiger partial charge in [0.25, 0.3) is 0 Å². The van der Waals surface area contributed by atoms with Crippen LogP contribution in [0.25, 0.3) is 33.4 Å². The number of pyridine rings is 2.